The molecule has 182 valence electrons. The minimum atomic E-state index is -0.448. The minimum Gasteiger partial charge on any atom is -0.355 e. The van der Waals surface area contributed by atoms with Crippen LogP contribution in [0.4, 0.5) is 0 Å². The zero-order chi connectivity index (χ0) is 23.8. The number of piperidine rings is 1. The molecular weight excluding hydrogens is 420 g/mol. The van der Waals surface area contributed by atoms with Crippen LogP contribution in [-0.4, -0.2) is 36.3 Å². The summed E-state index contributed by atoms with van der Waals surface area (Å²) >= 11 is 0. The van der Waals surface area contributed by atoms with Crippen LogP contribution < -0.4 is 5.32 Å². The molecule has 4 rings (SSSR count). The summed E-state index contributed by atoms with van der Waals surface area (Å²) in [5.41, 5.74) is 3.34. The molecule has 1 N–H and O–H groups in total. The van der Waals surface area contributed by atoms with Gasteiger partial charge in [-0.1, -0.05) is 80.8 Å². The van der Waals surface area contributed by atoms with Crippen molar-refractivity contribution in [2.24, 2.45) is 11.3 Å². The second-order valence-electron chi connectivity index (χ2n) is 10.3. The van der Waals surface area contributed by atoms with Crippen molar-refractivity contribution >= 4 is 11.8 Å². The lowest BCUT2D eigenvalue weighted by Crippen LogP contribution is -2.52. The Labute approximate surface area is 205 Å². The second kappa shape index (κ2) is 11.7. The molecule has 0 radical (unpaired) electrons. The number of aryl methyl sites for hydroxylation is 1. The van der Waals surface area contributed by atoms with Gasteiger partial charge in [0.1, 0.15) is 0 Å². The van der Waals surface area contributed by atoms with E-state index in [0.29, 0.717) is 25.5 Å². The number of nitrogens with one attached hydrogen (secondary N) is 1. The van der Waals surface area contributed by atoms with Crippen molar-refractivity contribution in [1.29, 1.82) is 0 Å². The largest absolute Gasteiger partial charge is 0.355 e. The van der Waals surface area contributed by atoms with Crippen LogP contribution >= 0.6 is 0 Å². The van der Waals surface area contributed by atoms with E-state index in [4.69, 9.17) is 0 Å². The number of carbonyl (C=O) groups is 2. The Bertz CT molecular complexity index is 924. The van der Waals surface area contributed by atoms with Crippen LogP contribution in [0.15, 0.2) is 54.6 Å². The number of likely N-dealkylation sites (tertiary alicyclic amines) is 1. The van der Waals surface area contributed by atoms with Crippen molar-refractivity contribution in [1.82, 2.24) is 10.2 Å². The molecule has 0 spiro atoms. The summed E-state index contributed by atoms with van der Waals surface area (Å²) in [5, 5.41) is 3.26. The Morgan fingerprint density at radius 3 is 2.18 bits per heavy atom. The molecule has 2 aromatic carbocycles. The number of carbonyl (C=O) groups excluding carboxylic acids is 2. The summed E-state index contributed by atoms with van der Waals surface area (Å²) < 4.78 is 0. The van der Waals surface area contributed by atoms with E-state index in [1.165, 1.54) is 36.0 Å². The highest BCUT2D eigenvalue weighted by Crippen LogP contribution is 2.37. The van der Waals surface area contributed by atoms with Gasteiger partial charge in [-0.25, -0.2) is 0 Å². The van der Waals surface area contributed by atoms with Crippen LogP contribution in [0.2, 0.25) is 0 Å². The Morgan fingerprint density at radius 1 is 0.882 bits per heavy atom. The molecule has 1 saturated carbocycles. The van der Waals surface area contributed by atoms with Gasteiger partial charge in [-0.3, -0.25) is 9.59 Å². The fourth-order valence-corrected chi connectivity index (χ4v) is 5.68. The van der Waals surface area contributed by atoms with Gasteiger partial charge in [0.2, 0.25) is 11.8 Å². The summed E-state index contributed by atoms with van der Waals surface area (Å²) in [4.78, 5) is 28.7. The van der Waals surface area contributed by atoms with Crippen LogP contribution in [0.3, 0.4) is 0 Å². The molecule has 0 bridgehead atoms. The average molecular weight is 461 g/mol. The van der Waals surface area contributed by atoms with E-state index in [0.717, 1.165) is 44.9 Å². The molecule has 2 aliphatic rings. The van der Waals surface area contributed by atoms with E-state index in [2.05, 4.69) is 48.6 Å². The van der Waals surface area contributed by atoms with Crippen molar-refractivity contribution in [3.05, 3.63) is 71.3 Å². The van der Waals surface area contributed by atoms with Gasteiger partial charge in [0, 0.05) is 25.6 Å². The number of hydrogen-bond acceptors (Lipinski definition) is 2. The summed E-state index contributed by atoms with van der Waals surface area (Å²) in [6.45, 7) is 4.18. The summed E-state index contributed by atoms with van der Waals surface area (Å²) in [5.74, 6) is 0.665. The van der Waals surface area contributed by atoms with Crippen LogP contribution in [-0.2, 0) is 28.9 Å². The maximum absolute atomic E-state index is 13.6. The van der Waals surface area contributed by atoms with Gasteiger partial charge in [0.15, 0.2) is 0 Å². The first-order chi connectivity index (χ1) is 16.6. The lowest BCUT2D eigenvalue weighted by molar-refractivity contribution is -0.143. The van der Waals surface area contributed by atoms with Crippen molar-refractivity contribution in [3.63, 3.8) is 0 Å². The van der Waals surface area contributed by atoms with Gasteiger partial charge < -0.3 is 10.2 Å². The van der Waals surface area contributed by atoms with E-state index >= 15 is 0 Å². The predicted molar refractivity (Wildman–Crippen MR) is 138 cm³/mol. The molecule has 0 aromatic heterocycles. The quantitative estimate of drug-likeness (QED) is 0.578. The zero-order valence-electron chi connectivity index (χ0n) is 20.7. The van der Waals surface area contributed by atoms with E-state index < -0.39 is 5.41 Å². The monoisotopic (exact) mass is 460 g/mol. The van der Waals surface area contributed by atoms with Gasteiger partial charge in [0.05, 0.1) is 5.41 Å². The third-order valence-corrected chi connectivity index (χ3v) is 7.98. The van der Waals surface area contributed by atoms with Crippen LogP contribution in [0, 0.1) is 11.3 Å². The Morgan fingerprint density at radius 2 is 1.53 bits per heavy atom. The summed E-state index contributed by atoms with van der Waals surface area (Å²) in [6.07, 6.45) is 9.74. The first-order valence-electron chi connectivity index (χ1n) is 13.3. The Hall–Kier alpha value is -2.62. The smallest absolute Gasteiger partial charge is 0.226 e. The van der Waals surface area contributed by atoms with Crippen LogP contribution in [0.1, 0.15) is 68.6 Å². The Balaban J connectivity index is 1.39. The van der Waals surface area contributed by atoms with E-state index in [-0.39, 0.29) is 11.8 Å². The molecule has 0 atom stereocenters. The van der Waals surface area contributed by atoms with Crippen molar-refractivity contribution in [2.75, 3.05) is 19.6 Å². The number of amides is 2. The van der Waals surface area contributed by atoms with Crippen LogP contribution in [0.25, 0.3) is 0 Å². The first kappa shape index (κ1) is 24.5. The predicted octanol–water partition coefficient (Wildman–Crippen LogP) is 5.34. The second-order valence-corrected chi connectivity index (χ2v) is 10.3. The molecule has 2 aromatic rings. The topological polar surface area (TPSA) is 49.4 Å². The minimum absolute atomic E-state index is 0.145. The molecule has 2 fully saturated rings. The van der Waals surface area contributed by atoms with Gasteiger partial charge in [0.25, 0.3) is 0 Å². The number of rotatable bonds is 8. The van der Waals surface area contributed by atoms with E-state index in [1.54, 1.807) is 0 Å². The van der Waals surface area contributed by atoms with Gasteiger partial charge in [-0.2, -0.15) is 0 Å². The Kier molecular flexibility index (Phi) is 8.42. The fraction of sp³-hybridized carbons (Fsp3) is 0.533. The molecule has 1 saturated heterocycles. The SMILES string of the molecule is CCc1ccc(CCNC(=O)C2(Cc3ccccc3)CCN(C(=O)C3CCCCC3)CC2)cc1. The maximum atomic E-state index is 13.6. The average Bonchev–Trinajstić information content (AvgIpc) is 2.90. The highest BCUT2D eigenvalue weighted by molar-refractivity contribution is 5.84. The molecule has 2 amide bonds. The van der Waals surface area contributed by atoms with Crippen molar-refractivity contribution in [2.45, 2.75) is 71.1 Å². The molecule has 1 aliphatic carbocycles. The van der Waals surface area contributed by atoms with Gasteiger partial charge >= 0.3 is 0 Å². The lowest BCUT2D eigenvalue weighted by Gasteiger charge is -2.42. The molecule has 4 heteroatoms. The fourth-order valence-electron chi connectivity index (χ4n) is 5.68. The van der Waals surface area contributed by atoms with Crippen molar-refractivity contribution < 1.29 is 9.59 Å². The highest BCUT2D eigenvalue weighted by atomic mass is 16.2. The third kappa shape index (κ3) is 6.08. The van der Waals surface area contributed by atoms with E-state index in [9.17, 15) is 9.59 Å². The van der Waals surface area contributed by atoms with Gasteiger partial charge in [-0.05, 0) is 61.6 Å². The molecule has 1 heterocycles. The standard InChI is InChI=1S/C30H40N2O2/c1-2-24-13-15-25(16-14-24)17-20-31-29(34)30(23-26-9-5-3-6-10-26)18-21-32(22-19-30)28(33)27-11-7-4-8-12-27/h3,5-6,9-10,13-16,27H,2,4,7-8,11-12,17-23H2,1H3,(H,31,34). The number of hydrogen-bond donors (Lipinski definition) is 1. The number of benzene rings is 2. The van der Waals surface area contributed by atoms with Crippen LogP contribution in [0.5, 0.6) is 0 Å². The molecule has 4 nitrogen and oxygen atoms in total. The maximum Gasteiger partial charge on any atom is 0.226 e. The van der Waals surface area contributed by atoms with E-state index in [1.807, 2.05) is 23.1 Å². The summed E-state index contributed by atoms with van der Waals surface area (Å²) in [7, 11) is 0. The van der Waals surface area contributed by atoms with Crippen molar-refractivity contribution in [3.8, 4) is 0 Å². The van der Waals surface area contributed by atoms with Gasteiger partial charge in [-0.15, -0.1) is 0 Å². The number of nitrogens with zero attached hydrogens (tertiary/aromatic N) is 1. The highest BCUT2D eigenvalue weighted by Gasteiger charge is 2.42. The zero-order valence-corrected chi connectivity index (χ0v) is 20.7. The molecule has 34 heavy (non-hydrogen) atoms. The summed E-state index contributed by atoms with van der Waals surface area (Å²) in [6, 6.07) is 19.0. The molecule has 0 unspecified atom stereocenters. The lowest BCUT2D eigenvalue weighted by atomic mass is 9.72. The molecular formula is C30H40N2O2. The normalized spacial score (nSPS) is 18.4. The third-order valence-electron chi connectivity index (χ3n) is 7.98. The first-order valence-corrected chi connectivity index (χ1v) is 13.3. The molecule has 1 aliphatic heterocycles.